The van der Waals surface area contributed by atoms with E-state index in [9.17, 15) is 4.79 Å². The van der Waals surface area contributed by atoms with E-state index in [1.54, 1.807) is 0 Å². The highest BCUT2D eigenvalue weighted by atomic mass is 32.2. The number of rotatable bonds is 6. The van der Waals surface area contributed by atoms with Crippen molar-refractivity contribution in [3.63, 3.8) is 0 Å². The number of thioether (sulfide) groups is 1. The SMILES string of the molecule is CCSC1CCCC1NC(=O)CCC1CCCCN1. The molecule has 0 aromatic carbocycles. The Morgan fingerprint density at radius 2 is 2.16 bits per heavy atom. The molecule has 1 saturated heterocycles. The molecule has 0 aromatic heterocycles. The molecule has 2 fully saturated rings. The average molecular weight is 284 g/mol. The third-order valence-corrected chi connectivity index (χ3v) is 5.64. The van der Waals surface area contributed by atoms with Gasteiger partial charge in [0, 0.05) is 23.8 Å². The van der Waals surface area contributed by atoms with E-state index in [4.69, 9.17) is 0 Å². The van der Waals surface area contributed by atoms with Gasteiger partial charge in [-0.15, -0.1) is 0 Å². The highest BCUT2D eigenvalue weighted by Crippen LogP contribution is 2.29. The van der Waals surface area contributed by atoms with Crippen LogP contribution in [0.4, 0.5) is 0 Å². The van der Waals surface area contributed by atoms with E-state index in [1.165, 1.54) is 38.5 Å². The van der Waals surface area contributed by atoms with Gasteiger partial charge in [0.2, 0.25) is 5.91 Å². The summed E-state index contributed by atoms with van der Waals surface area (Å²) in [6.07, 6.45) is 9.26. The zero-order valence-corrected chi connectivity index (χ0v) is 12.9. The number of carbonyl (C=O) groups excluding carboxylic acids is 1. The number of hydrogen-bond acceptors (Lipinski definition) is 3. The van der Waals surface area contributed by atoms with Crippen LogP contribution in [0.2, 0.25) is 0 Å². The largest absolute Gasteiger partial charge is 0.352 e. The fourth-order valence-corrected chi connectivity index (χ4v) is 4.46. The van der Waals surface area contributed by atoms with E-state index >= 15 is 0 Å². The molecule has 19 heavy (non-hydrogen) atoms. The van der Waals surface area contributed by atoms with Crippen LogP contribution in [0.15, 0.2) is 0 Å². The Labute approximate surface area is 121 Å². The van der Waals surface area contributed by atoms with Crippen molar-refractivity contribution in [2.45, 2.75) is 75.6 Å². The van der Waals surface area contributed by atoms with Gasteiger partial charge in [-0.3, -0.25) is 4.79 Å². The molecule has 0 bridgehead atoms. The first-order valence-corrected chi connectivity index (χ1v) is 8.99. The minimum atomic E-state index is 0.265. The molecule has 2 rings (SSSR count). The van der Waals surface area contributed by atoms with Crippen LogP contribution < -0.4 is 10.6 Å². The second-order valence-electron chi connectivity index (χ2n) is 5.78. The van der Waals surface area contributed by atoms with Crippen LogP contribution in [0.3, 0.4) is 0 Å². The smallest absolute Gasteiger partial charge is 0.220 e. The van der Waals surface area contributed by atoms with Crippen LogP contribution in [-0.2, 0) is 4.79 Å². The second kappa shape index (κ2) is 8.15. The predicted octanol–water partition coefficient (Wildman–Crippen LogP) is 2.70. The van der Waals surface area contributed by atoms with Crippen LogP contribution in [0, 0.1) is 0 Å². The minimum absolute atomic E-state index is 0.265. The average Bonchev–Trinajstić information content (AvgIpc) is 2.85. The predicted molar refractivity (Wildman–Crippen MR) is 82.6 cm³/mol. The van der Waals surface area contributed by atoms with Gasteiger partial charge >= 0.3 is 0 Å². The van der Waals surface area contributed by atoms with Crippen molar-refractivity contribution in [1.82, 2.24) is 10.6 Å². The molecule has 0 radical (unpaired) electrons. The van der Waals surface area contributed by atoms with E-state index in [-0.39, 0.29) is 5.91 Å². The standard InChI is InChI=1S/C15H28N2OS/c1-2-19-14-8-5-7-13(14)17-15(18)10-9-12-6-3-4-11-16-12/h12-14,16H,2-11H2,1H3,(H,17,18). The fourth-order valence-electron chi connectivity index (χ4n) is 3.26. The Morgan fingerprint density at radius 1 is 1.26 bits per heavy atom. The Hall–Kier alpha value is -0.220. The molecule has 1 saturated carbocycles. The van der Waals surface area contributed by atoms with Crippen molar-refractivity contribution in [2.75, 3.05) is 12.3 Å². The van der Waals surface area contributed by atoms with Gasteiger partial charge in [0.1, 0.15) is 0 Å². The highest BCUT2D eigenvalue weighted by Gasteiger charge is 2.28. The Morgan fingerprint density at radius 3 is 2.89 bits per heavy atom. The van der Waals surface area contributed by atoms with Crippen LogP contribution in [0.5, 0.6) is 0 Å². The summed E-state index contributed by atoms with van der Waals surface area (Å²) < 4.78 is 0. The molecule has 1 heterocycles. The summed E-state index contributed by atoms with van der Waals surface area (Å²) in [6.45, 7) is 3.33. The van der Waals surface area contributed by atoms with Gasteiger partial charge in [0.15, 0.2) is 0 Å². The fraction of sp³-hybridized carbons (Fsp3) is 0.933. The van der Waals surface area contributed by atoms with Gasteiger partial charge in [-0.25, -0.2) is 0 Å². The van der Waals surface area contributed by atoms with Crippen LogP contribution >= 0.6 is 11.8 Å². The molecule has 3 atom stereocenters. The third-order valence-electron chi connectivity index (χ3n) is 4.31. The molecule has 3 nitrogen and oxygen atoms in total. The quantitative estimate of drug-likeness (QED) is 0.788. The summed E-state index contributed by atoms with van der Waals surface area (Å²) in [6, 6.07) is 1.00. The molecule has 2 aliphatic rings. The molecule has 3 unspecified atom stereocenters. The lowest BCUT2D eigenvalue weighted by molar-refractivity contribution is -0.121. The van der Waals surface area contributed by atoms with Crippen molar-refractivity contribution in [3.05, 3.63) is 0 Å². The van der Waals surface area contributed by atoms with E-state index < -0.39 is 0 Å². The summed E-state index contributed by atoms with van der Waals surface area (Å²) in [5.41, 5.74) is 0. The maximum absolute atomic E-state index is 12.0. The maximum atomic E-state index is 12.0. The molecule has 1 amide bonds. The lowest BCUT2D eigenvalue weighted by atomic mass is 10.0. The van der Waals surface area contributed by atoms with Crippen LogP contribution in [0.25, 0.3) is 0 Å². The maximum Gasteiger partial charge on any atom is 0.220 e. The third kappa shape index (κ3) is 4.99. The van der Waals surface area contributed by atoms with E-state index in [0.29, 0.717) is 23.8 Å². The molecule has 0 aromatic rings. The number of amides is 1. The monoisotopic (exact) mass is 284 g/mol. The zero-order valence-electron chi connectivity index (χ0n) is 12.1. The van der Waals surface area contributed by atoms with Gasteiger partial charge in [0.25, 0.3) is 0 Å². The van der Waals surface area contributed by atoms with Gasteiger partial charge in [-0.2, -0.15) is 11.8 Å². The molecular weight excluding hydrogens is 256 g/mol. The van der Waals surface area contributed by atoms with Crippen molar-refractivity contribution in [1.29, 1.82) is 0 Å². The molecule has 110 valence electrons. The van der Waals surface area contributed by atoms with Crippen LogP contribution in [-0.4, -0.2) is 35.5 Å². The molecule has 4 heteroatoms. The topological polar surface area (TPSA) is 41.1 Å². The van der Waals surface area contributed by atoms with Gasteiger partial charge < -0.3 is 10.6 Å². The lowest BCUT2D eigenvalue weighted by Crippen LogP contribution is -2.40. The molecule has 2 N–H and O–H groups in total. The van der Waals surface area contributed by atoms with Crippen molar-refractivity contribution in [2.24, 2.45) is 0 Å². The highest BCUT2D eigenvalue weighted by molar-refractivity contribution is 7.99. The van der Waals surface area contributed by atoms with E-state index in [1.807, 2.05) is 11.8 Å². The second-order valence-corrected chi connectivity index (χ2v) is 7.30. The zero-order chi connectivity index (χ0) is 13.5. The first-order chi connectivity index (χ1) is 9.29. The van der Waals surface area contributed by atoms with Gasteiger partial charge in [-0.05, 0) is 44.4 Å². The number of nitrogens with one attached hydrogen (secondary N) is 2. The van der Waals surface area contributed by atoms with Crippen molar-refractivity contribution < 1.29 is 4.79 Å². The summed E-state index contributed by atoms with van der Waals surface area (Å²) in [5, 5.41) is 7.43. The first-order valence-electron chi connectivity index (χ1n) is 7.94. The first kappa shape index (κ1) is 15.2. The summed E-state index contributed by atoms with van der Waals surface area (Å²) in [5.74, 6) is 1.42. The molecule has 1 aliphatic heterocycles. The lowest BCUT2D eigenvalue weighted by Gasteiger charge is -2.24. The van der Waals surface area contributed by atoms with Gasteiger partial charge in [-0.1, -0.05) is 19.8 Å². The molecule has 0 spiro atoms. The summed E-state index contributed by atoms with van der Waals surface area (Å²) >= 11 is 2.01. The summed E-state index contributed by atoms with van der Waals surface area (Å²) in [7, 11) is 0. The Kier molecular flexibility index (Phi) is 6.51. The Bertz CT molecular complexity index is 279. The molecule has 1 aliphatic carbocycles. The van der Waals surface area contributed by atoms with E-state index in [0.717, 1.165) is 18.7 Å². The summed E-state index contributed by atoms with van der Waals surface area (Å²) in [4.78, 5) is 12.0. The van der Waals surface area contributed by atoms with Crippen LogP contribution in [0.1, 0.15) is 58.3 Å². The van der Waals surface area contributed by atoms with Crippen molar-refractivity contribution in [3.8, 4) is 0 Å². The number of carbonyl (C=O) groups is 1. The van der Waals surface area contributed by atoms with Gasteiger partial charge in [0.05, 0.1) is 0 Å². The minimum Gasteiger partial charge on any atom is -0.352 e. The van der Waals surface area contributed by atoms with E-state index in [2.05, 4.69) is 17.6 Å². The Balaban J connectivity index is 1.65. The van der Waals surface area contributed by atoms with Crippen molar-refractivity contribution >= 4 is 17.7 Å². The normalized spacial score (nSPS) is 31.3. The number of hydrogen-bond donors (Lipinski definition) is 2. The number of piperidine rings is 1. The molecular formula is C15H28N2OS.